The van der Waals surface area contributed by atoms with Crippen LogP contribution in [0.25, 0.3) is 0 Å². The van der Waals surface area contributed by atoms with Gasteiger partial charge in [-0.15, -0.1) is 0 Å². The lowest BCUT2D eigenvalue weighted by atomic mass is 9.80. The first-order valence-electron chi connectivity index (χ1n) is 16.2. The zero-order chi connectivity index (χ0) is 27.4. The molecule has 7 rings (SSSR count). The van der Waals surface area contributed by atoms with E-state index in [0.29, 0.717) is 36.4 Å². The van der Waals surface area contributed by atoms with E-state index in [1.54, 1.807) is 0 Å². The van der Waals surface area contributed by atoms with Crippen molar-refractivity contribution in [1.29, 1.82) is 0 Å². The van der Waals surface area contributed by atoms with Crippen LogP contribution in [0.4, 0.5) is 4.79 Å². The third-order valence-corrected chi connectivity index (χ3v) is 11.4. The monoisotopic (exact) mass is 548 g/mol. The molecule has 3 unspecified atom stereocenters. The summed E-state index contributed by atoms with van der Waals surface area (Å²) >= 11 is 0. The number of hydrogen-bond acceptors (Lipinski definition) is 4. The van der Waals surface area contributed by atoms with Gasteiger partial charge in [-0.25, -0.2) is 4.79 Å². The van der Waals surface area contributed by atoms with Gasteiger partial charge in [0.05, 0.1) is 18.2 Å². The van der Waals surface area contributed by atoms with Gasteiger partial charge < -0.3 is 19.4 Å². The Bertz CT molecular complexity index is 1070. The number of fused-ring (bicyclic) bond motifs is 2. The van der Waals surface area contributed by atoms with Crippen molar-refractivity contribution >= 4 is 11.9 Å². The molecule has 6 fully saturated rings. The molecule has 7 nitrogen and oxygen atoms in total. The number of urea groups is 1. The van der Waals surface area contributed by atoms with E-state index in [1.807, 2.05) is 0 Å². The Morgan fingerprint density at radius 1 is 0.975 bits per heavy atom. The Kier molecular flexibility index (Phi) is 7.10. The van der Waals surface area contributed by atoms with Crippen LogP contribution in [-0.2, 0) is 9.53 Å². The number of ether oxygens (including phenoxy) is 1. The van der Waals surface area contributed by atoms with Gasteiger partial charge in [0.1, 0.15) is 0 Å². The van der Waals surface area contributed by atoms with Crippen molar-refractivity contribution < 1.29 is 14.3 Å². The second-order valence-electron chi connectivity index (χ2n) is 14.1. The molecule has 0 radical (unpaired) electrons. The molecule has 7 heteroatoms. The maximum Gasteiger partial charge on any atom is 0.321 e. The SMILES string of the molecule is CC(C)N1C(=O)N(C2CCOC2)CC12CC1CCC(C2)N1C[C@H]1CN(C(=O)C2CCCC2)C[C@@H]1c1ccccc1. The van der Waals surface area contributed by atoms with Crippen molar-refractivity contribution in [2.75, 3.05) is 39.4 Å². The molecule has 5 saturated heterocycles. The van der Waals surface area contributed by atoms with E-state index in [2.05, 4.69) is 63.8 Å². The topological polar surface area (TPSA) is 56.3 Å². The smallest absolute Gasteiger partial charge is 0.321 e. The first-order valence-corrected chi connectivity index (χ1v) is 16.2. The zero-order valence-corrected chi connectivity index (χ0v) is 24.5. The van der Waals surface area contributed by atoms with Crippen LogP contribution in [0.3, 0.4) is 0 Å². The summed E-state index contributed by atoms with van der Waals surface area (Å²) in [6.07, 6.45) is 10.1. The summed E-state index contributed by atoms with van der Waals surface area (Å²) < 4.78 is 5.69. The van der Waals surface area contributed by atoms with E-state index in [4.69, 9.17) is 4.74 Å². The highest BCUT2D eigenvalue weighted by Gasteiger charge is 2.59. The van der Waals surface area contributed by atoms with Gasteiger partial charge in [0.25, 0.3) is 0 Å². The fourth-order valence-corrected chi connectivity index (χ4v) is 9.68. The molecule has 6 aliphatic rings. The maximum absolute atomic E-state index is 13.8. The summed E-state index contributed by atoms with van der Waals surface area (Å²) in [6.45, 7) is 9.53. The Morgan fingerprint density at radius 2 is 1.70 bits per heavy atom. The highest BCUT2D eigenvalue weighted by Crippen LogP contribution is 2.49. The van der Waals surface area contributed by atoms with Gasteiger partial charge in [0.2, 0.25) is 5.91 Å². The molecular weight excluding hydrogens is 500 g/mol. The predicted octanol–water partition coefficient (Wildman–Crippen LogP) is 4.72. The Labute approximate surface area is 240 Å². The average Bonchev–Trinajstić information content (AvgIpc) is 3.77. The average molecular weight is 549 g/mol. The highest BCUT2D eigenvalue weighted by atomic mass is 16.5. The van der Waals surface area contributed by atoms with E-state index < -0.39 is 0 Å². The highest BCUT2D eigenvalue weighted by molar-refractivity contribution is 5.80. The molecule has 3 amide bonds. The summed E-state index contributed by atoms with van der Waals surface area (Å²) in [5, 5.41) is 0. The van der Waals surface area contributed by atoms with Crippen LogP contribution in [0, 0.1) is 11.8 Å². The van der Waals surface area contributed by atoms with Gasteiger partial charge in [-0.3, -0.25) is 9.69 Å². The molecule has 0 aromatic heterocycles. The number of carbonyl (C=O) groups excluding carboxylic acids is 2. The minimum atomic E-state index is -0.0604. The minimum Gasteiger partial charge on any atom is -0.379 e. The van der Waals surface area contributed by atoms with E-state index in [0.717, 1.165) is 64.9 Å². The van der Waals surface area contributed by atoms with Gasteiger partial charge in [-0.2, -0.15) is 0 Å². The number of rotatable bonds is 6. The molecule has 1 saturated carbocycles. The molecule has 1 aromatic rings. The van der Waals surface area contributed by atoms with E-state index >= 15 is 0 Å². The number of carbonyl (C=O) groups is 2. The molecule has 5 aliphatic heterocycles. The minimum absolute atomic E-state index is 0.0604. The van der Waals surface area contributed by atoms with Crippen molar-refractivity contribution in [2.45, 2.75) is 107 Å². The maximum atomic E-state index is 13.8. The Balaban J connectivity index is 1.10. The molecular formula is C33H48N4O3. The predicted molar refractivity (Wildman–Crippen MR) is 155 cm³/mol. The number of hydrogen-bond donors (Lipinski definition) is 0. The fraction of sp³-hybridized carbons (Fsp3) is 0.758. The molecule has 1 aliphatic carbocycles. The van der Waals surface area contributed by atoms with Gasteiger partial charge in [0.15, 0.2) is 0 Å². The third-order valence-electron chi connectivity index (χ3n) is 11.4. The van der Waals surface area contributed by atoms with Crippen molar-refractivity contribution in [3.63, 3.8) is 0 Å². The van der Waals surface area contributed by atoms with Crippen molar-refractivity contribution in [3.8, 4) is 0 Å². The van der Waals surface area contributed by atoms with Crippen LogP contribution in [0.15, 0.2) is 30.3 Å². The number of amides is 3. The van der Waals surface area contributed by atoms with Crippen LogP contribution < -0.4 is 0 Å². The van der Waals surface area contributed by atoms with Crippen molar-refractivity contribution in [1.82, 2.24) is 19.6 Å². The summed E-state index contributed by atoms with van der Waals surface area (Å²) in [5.41, 5.74) is 1.33. The van der Waals surface area contributed by atoms with Gasteiger partial charge in [0, 0.05) is 62.7 Å². The van der Waals surface area contributed by atoms with Crippen LogP contribution in [-0.4, -0.2) is 101 Å². The van der Waals surface area contributed by atoms with E-state index in [9.17, 15) is 9.59 Å². The lowest BCUT2D eigenvalue weighted by Gasteiger charge is -2.50. The van der Waals surface area contributed by atoms with Gasteiger partial charge >= 0.3 is 6.03 Å². The van der Waals surface area contributed by atoms with Gasteiger partial charge in [-0.05, 0) is 70.3 Å². The van der Waals surface area contributed by atoms with Crippen LogP contribution in [0.5, 0.6) is 0 Å². The molecule has 5 heterocycles. The molecule has 5 atom stereocenters. The molecule has 0 N–H and O–H groups in total. The van der Waals surface area contributed by atoms with Crippen molar-refractivity contribution in [2.24, 2.45) is 11.8 Å². The van der Waals surface area contributed by atoms with Crippen molar-refractivity contribution in [3.05, 3.63) is 35.9 Å². The first kappa shape index (κ1) is 26.8. The van der Waals surface area contributed by atoms with Crippen LogP contribution in [0.2, 0.25) is 0 Å². The number of nitrogens with zero attached hydrogens (tertiary/aromatic N) is 4. The number of benzene rings is 1. The lowest BCUT2D eigenvalue weighted by molar-refractivity contribution is -0.134. The number of piperidine rings is 1. The first-order chi connectivity index (χ1) is 19.4. The van der Waals surface area contributed by atoms with Gasteiger partial charge in [-0.1, -0.05) is 43.2 Å². The quantitative estimate of drug-likeness (QED) is 0.516. The Morgan fingerprint density at radius 3 is 2.35 bits per heavy atom. The molecule has 40 heavy (non-hydrogen) atoms. The van der Waals surface area contributed by atoms with E-state index in [-0.39, 0.29) is 29.6 Å². The fourth-order valence-electron chi connectivity index (χ4n) is 9.68. The third kappa shape index (κ3) is 4.56. The molecule has 1 aromatic carbocycles. The van der Waals surface area contributed by atoms with Crippen LogP contribution >= 0.6 is 0 Å². The lowest BCUT2D eigenvalue weighted by Crippen LogP contribution is -2.60. The zero-order valence-electron chi connectivity index (χ0n) is 24.5. The standard InChI is InChI=1S/C33H48N4O3/c1-23(2)37-32(39)36(29-14-15-40-21-29)22-33(37)16-27-12-13-28(17-33)35(27)19-26-18-34(31(38)25-10-6-7-11-25)20-30(26)24-8-4-3-5-9-24/h3-5,8-9,23,25-30H,6-7,10-22H2,1-2H3/t26-,27?,28?,29?,30-,33?/m1/s1. The van der Waals surface area contributed by atoms with E-state index in [1.165, 1.54) is 31.2 Å². The normalized spacial score (nSPS) is 36.7. The Hall–Kier alpha value is -2.12. The molecule has 2 bridgehead atoms. The molecule has 218 valence electrons. The largest absolute Gasteiger partial charge is 0.379 e. The second kappa shape index (κ2) is 10.6. The molecule has 1 spiro atoms. The second-order valence-corrected chi connectivity index (χ2v) is 14.1. The number of likely N-dealkylation sites (tertiary alicyclic amines) is 1. The summed E-state index contributed by atoms with van der Waals surface area (Å²) in [6, 6.07) is 12.7. The summed E-state index contributed by atoms with van der Waals surface area (Å²) in [7, 11) is 0. The summed E-state index contributed by atoms with van der Waals surface area (Å²) in [5.74, 6) is 1.52. The van der Waals surface area contributed by atoms with Crippen LogP contribution in [0.1, 0.15) is 83.1 Å². The summed E-state index contributed by atoms with van der Waals surface area (Å²) in [4.78, 5) is 36.7.